The van der Waals surface area contributed by atoms with Gasteiger partial charge in [-0.15, -0.1) is 0 Å². The minimum absolute atomic E-state index is 0.103. The standard InChI is InChI=1S/C65H126O17P2/c1-8-9-10-11-12-13-14-15-16-17-25-34-41-48-64(69)81-60(52-75-62(67)46-39-32-24-20-18-22-29-36-43-56(2)3)54-79-83(71,72)77-50-59(66)51-78-84(73,74)80-55-61(53-76-63(68)47-40-33-28-27-31-38-45-58(6)7)82-65(70)49-42-35-26-21-19-23-30-37-44-57(4)5/h56-61,66H,8-55H2,1-7H3,(H,71,72)(H,73,74)/t59-,60-,61-/m1/s1. The Labute approximate surface area is 511 Å². The van der Waals surface area contributed by atoms with E-state index >= 15 is 0 Å². The molecule has 0 saturated heterocycles. The number of unbranched alkanes of at least 4 members (excludes halogenated alkanes) is 31. The molecule has 2 unspecified atom stereocenters. The lowest BCUT2D eigenvalue weighted by molar-refractivity contribution is -0.161. The molecule has 0 aromatic carbocycles. The summed E-state index contributed by atoms with van der Waals surface area (Å²) in [6.07, 6.45) is 37.7. The molecule has 0 rings (SSSR count). The second-order valence-corrected chi connectivity index (χ2v) is 27.8. The molecular formula is C65H126O17P2. The van der Waals surface area contributed by atoms with Crippen LogP contribution >= 0.6 is 15.6 Å². The van der Waals surface area contributed by atoms with Crippen LogP contribution in [0.3, 0.4) is 0 Å². The van der Waals surface area contributed by atoms with Gasteiger partial charge in [-0.25, -0.2) is 9.13 Å². The lowest BCUT2D eigenvalue weighted by Gasteiger charge is -2.21. The van der Waals surface area contributed by atoms with E-state index in [2.05, 4.69) is 48.5 Å². The van der Waals surface area contributed by atoms with E-state index in [1.54, 1.807) is 0 Å². The lowest BCUT2D eigenvalue weighted by Crippen LogP contribution is -2.30. The molecule has 0 aliphatic rings. The van der Waals surface area contributed by atoms with Gasteiger partial charge in [0.1, 0.15) is 19.3 Å². The van der Waals surface area contributed by atoms with E-state index in [4.69, 9.17) is 37.0 Å². The molecule has 0 spiro atoms. The fraction of sp³-hybridized carbons (Fsp3) is 0.938. The number of ether oxygens (including phenoxy) is 4. The van der Waals surface area contributed by atoms with Crippen molar-refractivity contribution in [2.75, 3.05) is 39.6 Å². The SMILES string of the molecule is CCCCCCCCCCCCCCCC(=O)O[C@H](COC(=O)CCCCCCCCCCC(C)C)COP(=O)(O)OC[C@@H](O)COP(=O)(O)OC[C@@H](COC(=O)CCCCCCCCC(C)C)OC(=O)CCCCCCCCCCC(C)C. The fourth-order valence-electron chi connectivity index (χ4n) is 9.66. The van der Waals surface area contributed by atoms with Gasteiger partial charge in [-0.05, 0) is 43.4 Å². The Morgan fingerprint density at radius 1 is 0.321 bits per heavy atom. The van der Waals surface area contributed by atoms with Gasteiger partial charge in [0.2, 0.25) is 0 Å². The van der Waals surface area contributed by atoms with Gasteiger partial charge in [-0.1, -0.05) is 267 Å². The van der Waals surface area contributed by atoms with E-state index in [1.165, 1.54) is 122 Å². The van der Waals surface area contributed by atoms with E-state index in [-0.39, 0.29) is 25.7 Å². The van der Waals surface area contributed by atoms with Crippen LogP contribution in [0.1, 0.15) is 318 Å². The van der Waals surface area contributed by atoms with Crippen LogP contribution in [0.2, 0.25) is 0 Å². The molecule has 0 amide bonds. The van der Waals surface area contributed by atoms with Gasteiger partial charge >= 0.3 is 39.5 Å². The van der Waals surface area contributed by atoms with Crippen LogP contribution in [0, 0.1) is 17.8 Å². The highest BCUT2D eigenvalue weighted by Crippen LogP contribution is 2.45. The van der Waals surface area contributed by atoms with E-state index in [0.717, 1.165) is 108 Å². The number of hydrogen-bond acceptors (Lipinski definition) is 15. The molecule has 84 heavy (non-hydrogen) atoms. The van der Waals surface area contributed by atoms with Crippen molar-refractivity contribution in [1.82, 2.24) is 0 Å². The summed E-state index contributed by atoms with van der Waals surface area (Å²) in [4.78, 5) is 72.2. The summed E-state index contributed by atoms with van der Waals surface area (Å²) >= 11 is 0. The number of carbonyl (C=O) groups excluding carboxylic acids is 4. The number of phosphoric ester groups is 2. The van der Waals surface area contributed by atoms with Crippen LogP contribution in [0.4, 0.5) is 0 Å². The van der Waals surface area contributed by atoms with Crippen molar-refractivity contribution in [2.24, 2.45) is 17.8 Å². The molecule has 0 aromatic rings. The summed E-state index contributed by atoms with van der Waals surface area (Å²) in [6.45, 7) is 11.6. The van der Waals surface area contributed by atoms with Crippen molar-refractivity contribution in [3.05, 3.63) is 0 Å². The molecule has 17 nitrogen and oxygen atoms in total. The van der Waals surface area contributed by atoms with Gasteiger partial charge < -0.3 is 33.8 Å². The van der Waals surface area contributed by atoms with E-state index in [1.807, 2.05) is 0 Å². The second-order valence-electron chi connectivity index (χ2n) is 24.9. The number of aliphatic hydroxyl groups is 1. The van der Waals surface area contributed by atoms with Crippen molar-refractivity contribution >= 4 is 39.5 Å². The van der Waals surface area contributed by atoms with Crippen LogP contribution in [0.25, 0.3) is 0 Å². The summed E-state index contributed by atoms with van der Waals surface area (Å²) in [7, 11) is -9.89. The third kappa shape index (κ3) is 59.0. The number of hydrogen-bond donors (Lipinski definition) is 3. The maximum atomic E-state index is 13.0. The maximum absolute atomic E-state index is 13.0. The number of phosphoric acid groups is 2. The topological polar surface area (TPSA) is 237 Å². The largest absolute Gasteiger partial charge is 0.472 e. The molecule has 19 heteroatoms. The highest BCUT2D eigenvalue weighted by atomic mass is 31.2. The first-order chi connectivity index (χ1) is 40.2. The van der Waals surface area contributed by atoms with Gasteiger partial charge in [0.05, 0.1) is 26.4 Å². The van der Waals surface area contributed by atoms with Crippen LogP contribution in [-0.4, -0.2) is 96.7 Å². The Morgan fingerprint density at radius 3 is 0.810 bits per heavy atom. The summed E-state index contributed by atoms with van der Waals surface area (Å²) in [6, 6.07) is 0. The normalized spacial score (nSPS) is 14.3. The van der Waals surface area contributed by atoms with Gasteiger partial charge in [0.15, 0.2) is 12.2 Å². The Kier molecular flexibility index (Phi) is 55.0. The van der Waals surface area contributed by atoms with Gasteiger partial charge in [-0.2, -0.15) is 0 Å². The quantitative estimate of drug-likeness (QED) is 0.0222. The Morgan fingerprint density at radius 2 is 0.548 bits per heavy atom. The van der Waals surface area contributed by atoms with Gasteiger partial charge in [0, 0.05) is 25.7 Å². The number of rotatable bonds is 63. The van der Waals surface area contributed by atoms with Crippen LogP contribution in [0.15, 0.2) is 0 Å². The van der Waals surface area contributed by atoms with Gasteiger partial charge in [-0.3, -0.25) is 37.3 Å². The second kappa shape index (κ2) is 56.3. The van der Waals surface area contributed by atoms with Crippen LogP contribution < -0.4 is 0 Å². The van der Waals surface area contributed by atoms with Crippen molar-refractivity contribution in [1.29, 1.82) is 0 Å². The zero-order valence-corrected chi connectivity index (χ0v) is 56.1. The zero-order chi connectivity index (χ0) is 62.4. The predicted octanol–water partition coefficient (Wildman–Crippen LogP) is 17.9. The van der Waals surface area contributed by atoms with Crippen molar-refractivity contribution in [3.8, 4) is 0 Å². The van der Waals surface area contributed by atoms with E-state index in [0.29, 0.717) is 31.6 Å². The van der Waals surface area contributed by atoms with Crippen LogP contribution in [0.5, 0.6) is 0 Å². The first-order valence-corrected chi connectivity index (χ1v) is 36.8. The molecule has 0 aromatic heterocycles. The molecule has 0 aliphatic heterocycles. The highest BCUT2D eigenvalue weighted by Gasteiger charge is 2.30. The molecule has 0 aliphatic carbocycles. The van der Waals surface area contributed by atoms with E-state index in [9.17, 15) is 43.2 Å². The molecular weight excluding hydrogens is 1110 g/mol. The van der Waals surface area contributed by atoms with E-state index < -0.39 is 97.5 Å². The summed E-state index contributed by atoms with van der Waals surface area (Å²) in [5.74, 6) is -0.0123. The highest BCUT2D eigenvalue weighted by molar-refractivity contribution is 7.47. The predicted molar refractivity (Wildman–Crippen MR) is 335 cm³/mol. The zero-order valence-electron chi connectivity index (χ0n) is 54.4. The monoisotopic (exact) mass is 1240 g/mol. The van der Waals surface area contributed by atoms with Crippen molar-refractivity contribution in [3.63, 3.8) is 0 Å². The lowest BCUT2D eigenvalue weighted by atomic mass is 10.0. The minimum Gasteiger partial charge on any atom is -0.462 e. The number of esters is 4. The smallest absolute Gasteiger partial charge is 0.462 e. The average molecular weight is 1240 g/mol. The summed E-state index contributed by atoms with van der Waals surface area (Å²) in [5.41, 5.74) is 0. The van der Waals surface area contributed by atoms with Gasteiger partial charge in [0.25, 0.3) is 0 Å². The third-order valence-corrected chi connectivity index (χ3v) is 16.8. The summed E-state index contributed by atoms with van der Waals surface area (Å²) < 4.78 is 68.0. The first-order valence-electron chi connectivity index (χ1n) is 33.8. The Balaban J connectivity index is 5.25. The Bertz CT molecular complexity index is 1660. The Hall–Kier alpha value is -1.94. The minimum atomic E-state index is -4.95. The average Bonchev–Trinajstić information content (AvgIpc) is 3.48. The first kappa shape index (κ1) is 82.1. The molecule has 0 saturated carbocycles. The number of aliphatic hydroxyl groups excluding tert-OH is 1. The van der Waals surface area contributed by atoms with Crippen LogP contribution in [-0.2, 0) is 65.4 Å². The molecule has 0 bridgehead atoms. The molecule has 0 fully saturated rings. The molecule has 498 valence electrons. The van der Waals surface area contributed by atoms with Crippen molar-refractivity contribution < 1.29 is 80.2 Å². The molecule has 5 atom stereocenters. The molecule has 0 heterocycles. The maximum Gasteiger partial charge on any atom is 0.472 e. The molecule has 3 N–H and O–H groups in total. The summed E-state index contributed by atoms with van der Waals surface area (Å²) in [5, 5.41) is 10.5. The third-order valence-electron chi connectivity index (χ3n) is 14.9. The molecule has 0 radical (unpaired) electrons. The number of carbonyl (C=O) groups is 4. The fourth-order valence-corrected chi connectivity index (χ4v) is 11.2. The van der Waals surface area contributed by atoms with Crippen molar-refractivity contribution in [2.45, 2.75) is 336 Å².